The summed E-state index contributed by atoms with van der Waals surface area (Å²) in [5, 5.41) is 3.81. The molecule has 0 fully saturated rings. The van der Waals surface area contributed by atoms with E-state index in [1.54, 1.807) is 24.3 Å². The third-order valence-corrected chi connectivity index (χ3v) is 2.96. The molecule has 0 saturated carbocycles. The van der Waals surface area contributed by atoms with Crippen molar-refractivity contribution in [1.29, 1.82) is 0 Å². The van der Waals surface area contributed by atoms with Gasteiger partial charge in [-0.3, -0.25) is 20.0 Å². The molecule has 1 aliphatic heterocycles. The summed E-state index contributed by atoms with van der Waals surface area (Å²) >= 11 is 0. The van der Waals surface area contributed by atoms with Crippen LogP contribution in [0.3, 0.4) is 0 Å². The molecule has 1 aliphatic rings. The van der Waals surface area contributed by atoms with E-state index in [4.69, 9.17) is 0 Å². The highest BCUT2D eigenvalue weighted by atomic mass is 19.4. The van der Waals surface area contributed by atoms with Crippen molar-refractivity contribution in [3.63, 3.8) is 0 Å². The number of para-hydroxylation sites is 1. The molecule has 0 atom stereocenters. The summed E-state index contributed by atoms with van der Waals surface area (Å²) in [6.07, 6.45) is -1.99. The maximum Gasteiger partial charge on any atom is 0.433 e. The van der Waals surface area contributed by atoms with Crippen molar-refractivity contribution in [1.82, 2.24) is 10.2 Å². The molecular formula is C13H8F3N3O. The van der Waals surface area contributed by atoms with E-state index in [0.717, 1.165) is 0 Å². The van der Waals surface area contributed by atoms with E-state index in [0.29, 0.717) is 16.8 Å². The molecule has 4 nitrogen and oxygen atoms in total. The topological polar surface area (TPSA) is 61.0 Å². The molecule has 2 heterocycles. The lowest BCUT2D eigenvalue weighted by Crippen LogP contribution is -2.10. The Morgan fingerprint density at radius 2 is 1.90 bits per heavy atom. The maximum atomic E-state index is 12.8. The first-order valence-electron chi connectivity index (χ1n) is 5.70. The number of hydrogen-bond acceptors (Lipinski definition) is 2. The fraction of sp³-hybridized carbons (Fsp3) is 0.0769. The highest BCUT2D eigenvalue weighted by molar-refractivity contribution is 6.21. The number of H-pyrrole nitrogens is 2. The lowest BCUT2D eigenvalue weighted by molar-refractivity contribution is -0.141. The lowest BCUT2D eigenvalue weighted by atomic mass is 10.0. The fourth-order valence-corrected chi connectivity index (χ4v) is 2.04. The molecule has 1 aromatic heterocycles. The van der Waals surface area contributed by atoms with Gasteiger partial charge in [0.15, 0.2) is 0 Å². The third kappa shape index (κ3) is 1.97. The molecule has 7 heteroatoms. The van der Waals surface area contributed by atoms with Crippen molar-refractivity contribution in [2.24, 2.45) is 4.99 Å². The van der Waals surface area contributed by atoms with Crippen LogP contribution in [0.1, 0.15) is 16.8 Å². The molecule has 0 bridgehead atoms. The van der Waals surface area contributed by atoms with Gasteiger partial charge in [0.1, 0.15) is 5.69 Å². The molecule has 3 rings (SSSR count). The quantitative estimate of drug-likeness (QED) is 0.828. The van der Waals surface area contributed by atoms with Gasteiger partial charge in [0.05, 0.1) is 11.3 Å². The maximum absolute atomic E-state index is 12.8. The van der Waals surface area contributed by atoms with E-state index in [9.17, 15) is 18.0 Å². The van der Waals surface area contributed by atoms with E-state index < -0.39 is 23.0 Å². The number of alkyl halides is 3. The van der Waals surface area contributed by atoms with Crippen LogP contribution < -0.4 is 5.56 Å². The van der Waals surface area contributed by atoms with E-state index in [2.05, 4.69) is 4.99 Å². The van der Waals surface area contributed by atoms with Crippen molar-refractivity contribution < 1.29 is 13.2 Å². The molecule has 0 radical (unpaired) electrons. The second-order valence-corrected chi connectivity index (χ2v) is 4.24. The number of halogens is 3. The number of hydrogen-bond donors (Lipinski definition) is 2. The molecule has 20 heavy (non-hydrogen) atoms. The Hall–Kier alpha value is -2.57. The smallest absolute Gasteiger partial charge is 0.293 e. The zero-order valence-corrected chi connectivity index (χ0v) is 9.95. The van der Waals surface area contributed by atoms with Crippen LogP contribution in [0.25, 0.3) is 11.6 Å². The van der Waals surface area contributed by atoms with Crippen molar-refractivity contribution in [3.8, 4) is 0 Å². The number of nitrogens with zero attached hydrogens (tertiary/aromatic N) is 1. The minimum absolute atomic E-state index is 0.448. The summed E-state index contributed by atoms with van der Waals surface area (Å²) in [4.78, 5) is 15.6. The van der Waals surface area contributed by atoms with Crippen LogP contribution in [0, 0.1) is 0 Å². The second kappa shape index (κ2) is 4.22. The van der Waals surface area contributed by atoms with Gasteiger partial charge in [0.25, 0.3) is 5.56 Å². The predicted molar refractivity (Wildman–Crippen MR) is 68.9 cm³/mol. The molecule has 0 amide bonds. The zero-order chi connectivity index (χ0) is 14.3. The van der Waals surface area contributed by atoms with Crippen LogP contribution in [0.2, 0.25) is 0 Å². The van der Waals surface area contributed by atoms with Crippen molar-refractivity contribution in [3.05, 3.63) is 51.4 Å². The van der Waals surface area contributed by atoms with Crippen molar-refractivity contribution in [2.75, 3.05) is 0 Å². The summed E-state index contributed by atoms with van der Waals surface area (Å²) < 4.78 is 38.3. The fourth-order valence-electron chi connectivity index (χ4n) is 2.04. The van der Waals surface area contributed by atoms with Gasteiger partial charge >= 0.3 is 6.18 Å². The van der Waals surface area contributed by atoms with Gasteiger partial charge in [-0.05, 0) is 12.1 Å². The molecule has 1 aromatic carbocycles. The van der Waals surface area contributed by atoms with Crippen LogP contribution in [-0.2, 0) is 6.18 Å². The van der Waals surface area contributed by atoms with E-state index in [-0.39, 0.29) is 0 Å². The predicted octanol–water partition coefficient (Wildman–Crippen LogP) is 2.98. The Morgan fingerprint density at radius 3 is 2.65 bits per heavy atom. The Kier molecular flexibility index (Phi) is 2.63. The molecule has 0 spiro atoms. The number of fused-ring (bicyclic) bond motifs is 1. The monoisotopic (exact) mass is 279 g/mol. The Balaban J connectivity index is 2.14. The number of aliphatic imine (C=N–C) groups is 1. The number of rotatable bonds is 1. The molecule has 2 N–H and O–H groups in total. The van der Waals surface area contributed by atoms with Crippen molar-refractivity contribution in [2.45, 2.75) is 6.18 Å². The first kappa shape index (κ1) is 12.5. The van der Waals surface area contributed by atoms with E-state index in [1.807, 2.05) is 10.2 Å². The van der Waals surface area contributed by atoms with Gasteiger partial charge in [-0.1, -0.05) is 18.2 Å². The van der Waals surface area contributed by atoms with E-state index in [1.165, 1.54) is 12.3 Å². The summed E-state index contributed by atoms with van der Waals surface area (Å²) in [7, 11) is 0. The molecule has 0 unspecified atom stereocenters. The highest BCUT2D eigenvalue weighted by Gasteiger charge is 2.36. The van der Waals surface area contributed by atoms with Crippen LogP contribution in [0.15, 0.2) is 34.1 Å². The first-order valence-corrected chi connectivity index (χ1v) is 5.70. The van der Waals surface area contributed by atoms with Gasteiger partial charge in [0, 0.05) is 17.4 Å². The molecular weight excluding hydrogens is 271 g/mol. The second-order valence-electron chi connectivity index (χ2n) is 4.24. The average Bonchev–Trinajstić information content (AvgIpc) is 2.95. The minimum Gasteiger partial charge on any atom is -0.293 e. The summed E-state index contributed by atoms with van der Waals surface area (Å²) in [5.41, 5.74) is -0.525. The number of aromatic nitrogens is 2. The normalized spacial score (nSPS) is 15.8. The molecule has 0 aliphatic carbocycles. The summed E-state index contributed by atoms with van der Waals surface area (Å²) in [6, 6.07) is 7.03. The van der Waals surface area contributed by atoms with Gasteiger partial charge in [0.2, 0.25) is 0 Å². The number of nitrogens with one attached hydrogen (secondary N) is 2. The summed E-state index contributed by atoms with van der Waals surface area (Å²) in [5.74, 6) is 0. The highest BCUT2D eigenvalue weighted by Crippen LogP contribution is 2.34. The van der Waals surface area contributed by atoms with Crippen molar-refractivity contribution >= 4 is 23.6 Å². The molecule has 2 aromatic rings. The van der Waals surface area contributed by atoms with Gasteiger partial charge in [-0.25, -0.2) is 0 Å². The number of aromatic amines is 2. The van der Waals surface area contributed by atoms with Gasteiger partial charge < -0.3 is 0 Å². The van der Waals surface area contributed by atoms with Crippen LogP contribution >= 0.6 is 0 Å². The number of allylic oxidation sites excluding steroid dienone is 1. The minimum atomic E-state index is -4.62. The van der Waals surface area contributed by atoms with Crippen LogP contribution in [0.4, 0.5) is 18.9 Å². The molecule has 0 saturated heterocycles. The average molecular weight is 279 g/mol. The van der Waals surface area contributed by atoms with Crippen LogP contribution in [0.5, 0.6) is 0 Å². The standard InChI is InChI=1S/C13H8F3N3O/c14-13(15,16)11-9(12(20)19-18-11)5-7-6-17-10-4-2-1-3-8(7)10/h1-6H,(H2,18,19,20). The summed E-state index contributed by atoms with van der Waals surface area (Å²) in [6.45, 7) is 0. The molecule has 102 valence electrons. The number of benzene rings is 1. The third-order valence-electron chi connectivity index (χ3n) is 2.96. The first-order chi connectivity index (χ1) is 9.47. The Labute approximate surface area is 110 Å². The SMILES string of the molecule is O=c1[nH][nH]c(C(F)(F)F)c1C=C1C=Nc2ccccc21. The Morgan fingerprint density at radius 1 is 1.15 bits per heavy atom. The zero-order valence-electron chi connectivity index (χ0n) is 9.95. The van der Waals surface area contributed by atoms with E-state index >= 15 is 0 Å². The van der Waals surface area contributed by atoms with Crippen LogP contribution in [-0.4, -0.2) is 16.4 Å². The Bertz CT molecular complexity index is 781. The lowest BCUT2D eigenvalue weighted by Gasteiger charge is -2.04. The van der Waals surface area contributed by atoms with Gasteiger partial charge in [-0.15, -0.1) is 0 Å². The van der Waals surface area contributed by atoms with Gasteiger partial charge in [-0.2, -0.15) is 13.2 Å². The largest absolute Gasteiger partial charge is 0.433 e.